The van der Waals surface area contributed by atoms with Crippen molar-refractivity contribution in [2.45, 2.75) is 39.7 Å². The van der Waals surface area contributed by atoms with Gasteiger partial charge in [0.25, 0.3) is 5.91 Å². The van der Waals surface area contributed by atoms with Crippen LogP contribution in [0.25, 0.3) is 0 Å². The van der Waals surface area contributed by atoms with E-state index in [9.17, 15) is 4.79 Å². The highest BCUT2D eigenvalue weighted by atomic mass is 32.1. The summed E-state index contributed by atoms with van der Waals surface area (Å²) in [6, 6.07) is 5.48. The average Bonchev–Trinajstić information content (AvgIpc) is 3.01. The van der Waals surface area contributed by atoms with Gasteiger partial charge in [0.05, 0.1) is 18.6 Å². The van der Waals surface area contributed by atoms with Gasteiger partial charge in [-0.2, -0.15) is 0 Å². The first-order chi connectivity index (χ1) is 13.4. The van der Waals surface area contributed by atoms with E-state index in [1.807, 2.05) is 12.1 Å². The zero-order chi connectivity index (χ0) is 20.1. The van der Waals surface area contributed by atoms with Gasteiger partial charge in [-0.25, -0.2) is 0 Å². The van der Waals surface area contributed by atoms with Crippen molar-refractivity contribution in [2.24, 2.45) is 11.3 Å². The molecule has 28 heavy (non-hydrogen) atoms. The summed E-state index contributed by atoms with van der Waals surface area (Å²) in [6.45, 7) is 7.41. The monoisotopic (exact) mass is 401 g/mol. The van der Waals surface area contributed by atoms with E-state index < -0.39 is 0 Å². The van der Waals surface area contributed by atoms with Gasteiger partial charge in [-0.15, -0.1) is 11.3 Å². The smallest absolute Gasteiger partial charge is 0.261 e. The number of nitrogens with one attached hydrogen (secondary N) is 1. The van der Waals surface area contributed by atoms with Crippen molar-refractivity contribution in [1.29, 1.82) is 0 Å². The Hall–Kier alpha value is -2.05. The van der Waals surface area contributed by atoms with Crippen molar-refractivity contribution in [1.82, 2.24) is 5.32 Å². The molecule has 0 bridgehead atoms. The number of benzene rings is 1. The number of thiophene rings is 1. The maximum atomic E-state index is 12.9. The fourth-order valence-electron chi connectivity index (χ4n) is 4.70. The minimum absolute atomic E-state index is 0.00360. The zero-order valence-corrected chi connectivity index (χ0v) is 17.6. The van der Waals surface area contributed by atoms with Crippen LogP contribution < -0.4 is 14.8 Å². The van der Waals surface area contributed by atoms with E-state index in [2.05, 4.69) is 26.1 Å². The largest absolute Gasteiger partial charge is 0.496 e. The van der Waals surface area contributed by atoms with Crippen LogP contribution in [0.5, 0.6) is 11.5 Å². The van der Waals surface area contributed by atoms with Gasteiger partial charge in [0, 0.05) is 23.1 Å². The first-order valence-corrected chi connectivity index (χ1v) is 10.5. The van der Waals surface area contributed by atoms with E-state index in [0.29, 0.717) is 35.3 Å². The fraction of sp³-hybridized carbons (Fsp3) is 0.500. The standard InChI is InChI=1S/C22H27NO4S/c1-12-18-15(10-16-19(18)22(16,2)3)20(28-12)21(25)23-11-13-5-6-14(27-8-7-24)9-17(13)26-4/h5-6,9,16,19,24H,7-8,10-11H2,1-4H3,(H,23,25)/t16-,19-/m1/s1. The Kier molecular flexibility index (Phi) is 4.88. The van der Waals surface area contributed by atoms with Crippen molar-refractivity contribution in [3.63, 3.8) is 0 Å². The number of hydrogen-bond acceptors (Lipinski definition) is 5. The predicted molar refractivity (Wildman–Crippen MR) is 110 cm³/mol. The first-order valence-electron chi connectivity index (χ1n) is 9.69. The molecular formula is C22H27NO4S. The number of hydrogen-bond donors (Lipinski definition) is 2. The number of ether oxygens (including phenoxy) is 2. The number of aliphatic hydroxyl groups is 1. The lowest BCUT2D eigenvalue weighted by Crippen LogP contribution is -2.23. The van der Waals surface area contributed by atoms with Crippen molar-refractivity contribution in [2.75, 3.05) is 20.3 Å². The van der Waals surface area contributed by atoms with Gasteiger partial charge in [-0.05, 0) is 53.9 Å². The summed E-state index contributed by atoms with van der Waals surface area (Å²) >= 11 is 1.63. The van der Waals surface area contributed by atoms with Crippen LogP contribution >= 0.6 is 11.3 Å². The molecule has 2 atom stereocenters. The molecule has 0 spiro atoms. The third-order valence-corrected chi connectivity index (χ3v) is 7.45. The zero-order valence-electron chi connectivity index (χ0n) is 16.8. The highest BCUT2D eigenvalue weighted by Gasteiger charge is 2.63. The van der Waals surface area contributed by atoms with E-state index in [1.165, 1.54) is 16.0 Å². The molecule has 1 saturated carbocycles. The number of carbonyl (C=O) groups is 1. The second kappa shape index (κ2) is 7.08. The molecule has 2 aliphatic carbocycles. The Morgan fingerprint density at radius 3 is 2.89 bits per heavy atom. The molecule has 0 aliphatic heterocycles. The Balaban J connectivity index is 1.46. The summed E-state index contributed by atoms with van der Waals surface area (Å²) in [5, 5.41) is 11.9. The van der Waals surface area contributed by atoms with Crippen LogP contribution in [-0.4, -0.2) is 31.3 Å². The quantitative estimate of drug-likeness (QED) is 0.743. The normalized spacial score (nSPS) is 21.0. The van der Waals surface area contributed by atoms with Crippen LogP contribution in [0.2, 0.25) is 0 Å². The molecule has 1 aromatic carbocycles. The number of fused-ring (bicyclic) bond motifs is 3. The lowest BCUT2D eigenvalue weighted by atomic mass is 9.95. The van der Waals surface area contributed by atoms with Crippen LogP contribution in [-0.2, 0) is 13.0 Å². The summed E-state index contributed by atoms with van der Waals surface area (Å²) < 4.78 is 10.8. The summed E-state index contributed by atoms with van der Waals surface area (Å²) in [5.41, 5.74) is 3.99. The molecule has 0 unspecified atom stereocenters. The fourth-order valence-corrected chi connectivity index (χ4v) is 5.84. The number of rotatable bonds is 7. The van der Waals surface area contributed by atoms with Gasteiger partial charge in [0.1, 0.15) is 18.1 Å². The van der Waals surface area contributed by atoms with Gasteiger partial charge in [0.15, 0.2) is 0 Å². The van der Waals surface area contributed by atoms with E-state index in [0.717, 1.165) is 16.9 Å². The summed E-state index contributed by atoms with van der Waals surface area (Å²) in [7, 11) is 1.60. The topological polar surface area (TPSA) is 67.8 Å². The highest BCUT2D eigenvalue weighted by molar-refractivity contribution is 7.14. The predicted octanol–water partition coefficient (Wildman–Crippen LogP) is 3.66. The van der Waals surface area contributed by atoms with Gasteiger partial charge >= 0.3 is 0 Å². The molecule has 0 saturated heterocycles. The van der Waals surface area contributed by atoms with Gasteiger partial charge < -0.3 is 19.9 Å². The SMILES string of the molecule is COc1cc(OCCO)ccc1CNC(=O)c1sc(C)c2c1C[C@@H]1[C@H]2C1(C)C. The molecule has 2 N–H and O–H groups in total. The van der Waals surface area contributed by atoms with E-state index in [1.54, 1.807) is 24.5 Å². The number of amides is 1. The molecule has 2 aliphatic rings. The lowest BCUT2D eigenvalue weighted by molar-refractivity contribution is 0.0953. The Morgan fingerprint density at radius 1 is 1.39 bits per heavy atom. The molecule has 6 heteroatoms. The molecular weight excluding hydrogens is 374 g/mol. The summed E-state index contributed by atoms with van der Waals surface area (Å²) in [4.78, 5) is 15.1. The van der Waals surface area contributed by atoms with Crippen LogP contribution in [0.3, 0.4) is 0 Å². The van der Waals surface area contributed by atoms with Crippen molar-refractivity contribution < 1.29 is 19.4 Å². The van der Waals surface area contributed by atoms with Gasteiger partial charge in [-0.1, -0.05) is 13.8 Å². The number of carbonyl (C=O) groups excluding carboxylic acids is 1. The highest BCUT2D eigenvalue weighted by Crippen LogP contribution is 2.71. The molecule has 2 aromatic rings. The Morgan fingerprint density at radius 2 is 2.18 bits per heavy atom. The second-order valence-corrected chi connectivity index (χ2v) is 9.44. The van der Waals surface area contributed by atoms with Crippen molar-refractivity contribution in [3.8, 4) is 11.5 Å². The molecule has 0 radical (unpaired) electrons. The minimum atomic E-state index is -0.0381. The van der Waals surface area contributed by atoms with Crippen LogP contribution in [0.1, 0.15) is 51.0 Å². The molecule has 1 amide bonds. The number of aliphatic hydroxyl groups excluding tert-OH is 1. The third-order valence-electron chi connectivity index (χ3n) is 6.28. The molecule has 1 fully saturated rings. The van der Waals surface area contributed by atoms with Gasteiger partial charge in [0.2, 0.25) is 0 Å². The van der Waals surface area contributed by atoms with E-state index in [-0.39, 0.29) is 19.1 Å². The molecule has 1 heterocycles. The third kappa shape index (κ3) is 3.08. The minimum Gasteiger partial charge on any atom is -0.496 e. The molecule has 1 aromatic heterocycles. The maximum absolute atomic E-state index is 12.9. The Bertz CT molecular complexity index is 918. The van der Waals surface area contributed by atoms with E-state index >= 15 is 0 Å². The van der Waals surface area contributed by atoms with Crippen molar-refractivity contribution in [3.05, 3.63) is 44.6 Å². The van der Waals surface area contributed by atoms with Crippen LogP contribution in [0.4, 0.5) is 0 Å². The second-order valence-electron chi connectivity index (χ2n) is 8.22. The average molecular weight is 402 g/mol. The number of methoxy groups -OCH3 is 1. The summed E-state index contributed by atoms with van der Waals surface area (Å²) in [5.74, 6) is 2.62. The maximum Gasteiger partial charge on any atom is 0.261 e. The van der Waals surface area contributed by atoms with Crippen LogP contribution in [0.15, 0.2) is 18.2 Å². The molecule has 150 valence electrons. The lowest BCUT2D eigenvalue weighted by Gasteiger charge is -2.13. The molecule has 4 rings (SSSR count). The van der Waals surface area contributed by atoms with Gasteiger partial charge in [-0.3, -0.25) is 4.79 Å². The Labute approximate surface area is 169 Å². The number of aryl methyl sites for hydroxylation is 1. The molecule has 5 nitrogen and oxygen atoms in total. The van der Waals surface area contributed by atoms with E-state index in [4.69, 9.17) is 14.6 Å². The first kappa shape index (κ1) is 19.3. The van der Waals surface area contributed by atoms with Crippen LogP contribution in [0, 0.1) is 18.3 Å². The summed E-state index contributed by atoms with van der Waals surface area (Å²) in [6.07, 6.45) is 1.03. The van der Waals surface area contributed by atoms with Crippen molar-refractivity contribution >= 4 is 17.2 Å².